The first-order valence-corrected chi connectivity index (χ1v) is 11.5. The van der Waals surface area contributed by atoms with E-state index >= 15 is 0 Å². The number of benzene rings is 3. The Labute approximate surface area is 176 Å². The normalized spacial score (nSPS) is 11.2. The van der Waals surface area contributed by atoms with Crippen LogP contribution in [0.2, 0.25) is 20.1 Å². The second kappa shape index (κ2) is 8.39. The first-order valence-electron chi connectivity index (χ1n) is 7.32. The number of halogens is 4. The van der Waals surface area contributed by atoms with Gasteiger partial charge in [0.15, 0.2) is 0 Å². The van der Waals surface area contributed by atoms with Crippen molar-refractivity contribution < 1.29 is 9.05 Å². The maximum Gasteiger partial charge on any atom is 0.319 e. The molecule has 0 atom stereocenters. The van der Waals surface area contributed by atoms with Gasteiger partial charge in [0.2, 0.25) is 0 Å². The molecule has 0 saturated carbocycles. The topological polar surface area (TPSA) is 18.5 Å². The summed E-state index contributed by atoms with van der Waals surface area (Å²) in [6, 6.07) is 19.1. The van der Waals surface area contributed by atoms with Gasteiger partial charge in [0.05, 0.1) is 15.3 Å². The van der Waals surface area contributed by atoms with Gasteiger partial charge in [-0.1, -0.05) is 64.6 Å². The molecule has 8 heteroatoms. The average molecular weight is 464 g/mol. The van der Waals surface area contributed by atoms with Crippen molar-refractivity contribution in [2.45, 2.75) is 0 Å². The van der Waals surface area contributed by atoms with Crippen molar-refractivity contribution in [1.82, 2.24) is 0 Å². The summed E-state index contributed by atoms with van der Waals surface area (Å²) in [5, 5.41) is 2.39. The zero-order valence-corrected chi connectivity index (χ0v) is 17.8. The summed E-state index contributed by atoms with van der Waals surface area (Å²) >= 11 is 30.2. The van der Waals surface area contributed by atoms with Crippen molar-refractivity contribution in [1.29, 1.82) is 0 Å². The number of hydrogen-bond donors (Lipinski definition) is 0. The number of hydrogen-bond acceptors (Lipinski definition) is 3. The highest BCUT2D eigenvalue weighted by molar-refractivity contribution is 8.13. The maximum atomic E-state index is 6.24. The van der Waals surface area contributed by atoms with E-state index in [0.29, 0.717) is 36.9 Å². The molecule has 3 rings (SSSR count). The lowest BCUT2D eigenvalue weighted by molar-refractivity contribution is 0.499. The van der Waals surface area contributed by atoms with Crippen LogP contribution in [0.5, 0.6) is 11.5 Å². The lowest BCUT2D eigenvalue weighted by Gasteiger charge is -2.25. The molecular formula is C18H11Cl4O2PS. The molecule has 0 aliphatic rings. The smallest absolute Gasteiger partial charge is 0.319 e. The number of rotatable bonds is 5. The highest BCUT2D eigenvalue weighted by Gasteiger charge is 2.27. The van der Waals surface area contributed by atoms with E-state index < -0.39 is 6.49 Å². The third kappa shape index (κ3) is 4.67. The molecule has 0 amide bonds. The minimum atomic E-state index is -3.02. The van der Waals surface area contributed by atoms with Crippen LogP contribution < -0.4 is 14.4 Å². The van der Waals surface area contributed by atoms with Crippen molar-refractivity contribution in [2.75, 3.05) is 0 Å². The van der Waals surface area contributed by atoms with Crippen LogP contribution in [0.1, 0.15) is 0 Å². The van der Waals surface area contributed by atoms with Crippen molar-refractivity contribution in [3.8, 4) is 11.5 Å². The summed E-state index contributed by atoms with van der Waals surface area (Å²) < 4.78 is 12.2. The Morgan fingerprint density at radius 3 is 1.54 bits per heavy atom. The molecule has 26 heavy (non-hydrogen) atoms. The molecule has 0 N–H and O–H groups in total. The molecular weight excluding hydrogens is 453 g/mol. The first kappa shape index (κ1) is 19.8. The van der Waals surface area contributed by atoms with E-state index in [9.17, 15) is 0 Å². The molecule has 3 aromatic rings. The SMILES string of the molecule is S=P(Oc1ccc(Cl)cc1Cl)(Oc1ccc(Cl)cc1Cl)c1ccccc1. The van der Waals surface area contributed by atoms with Crippen molar-refractivity contribution >= 4 is 70.0 Å². The molecule has 0 aliphatic heterocycles. The molecule has 0 saturated heterocycles. The Hall–Kier alpha value is -0.930. The Morgan fingerprint density at radius 1 is 0.654 bits per heavy atom. The van der Waals surface area contributed by atoms with E-state index in [2.05, 4.69) is 0 Å². The fourth-order valence-electron chi connectivity index (χ4n) is 2.09. The van der Waals surface area contributed by atoms with E-state index in [4.69, 9.17) is 67.3 Å². The molecule has 0 spiro atoms. The predicted molar refractivity (Wildman–Crippen MR) is 115 cm³/mol. The van der Waals surface area contributed by atoms with Crippen LogP contribution in [-0.4, -0.2) is 0 Å². The summed E-state index contributed by atoms with van der Waals surface area (Å²) in [4.78, 5) is 0. The van der Waals surface area contributed by atoms with Crippen LogP contribution in [0.15, 0.2) is 66.7 Å². The van der Waals surface area contributed by atoms with Crippen LogP contribution in [0.25, 0.3) is 0 Å². The van der Waals surface area contributed by atoms with Gasteiger partial charge in [0, 0.05) is 10.0 Å². The summed E-state index contributed by atoms with van der Waals surface area (Å²) in [6.07, 6.45) is 0. The molecule has 0 radical (unpaired) electrons. The monoisotopic (exact) mass is 462 g/mol. The Kier molecular flexibility index (Phi) is 6.40. The van der Waals surface area contributed by atoms with Gasteiger partial charge < -0.3 is 9.05 Å². The summed E-state index contributed by atoms with van der Waals surface area (Å²) in [5.41, 5.74) is 0. The second-order valence-corrected chi connectivity index (χ2v) is 10.2. The van der Waals surface area contributed by atoms with Crippen LogP contribution in [0.4, 0.5) is 0 Å². The molecule has 0 bridgehead atoms. The maximum absolute atomic E-state index is 6.24. The van der Waals surface area contributed by atoms with Crippen molar-refractivity contribution in [3.05, 3.63) is 86.8 Å². The van der Waals surface area contributed by atoms with Crippen molar-refractivity contribution in [2.24, 2.45) is 0 Å². The fourth-order valence-corrected chi connectivity index (χ4v) is 5.56. The molecule has 134 valence electrons. The minimum Gasteiger partial charge on any atom is -0.431 e. The largest absolute Gasteiger partial charge is 0.431 e. The quantitative estimate of drug-likeness (QED) is 0.367. The lowest BCUT2D eigenvalue weighted by atomic mass is 10.3. The molecule has 0 fully saturated rings. The summed E-state index contributed by atoms with van der Waals surface area (Å²) in [5.74, 6) is 0.765. The molecule has 0 aliphatic carbocycles. The fraction of sp³-hybridized carbons (Fsp3) is 0. The Morgan fingerprint density at radius 2 is 1.12 bits per heavy atom. The first-order chi connectivity index (χ1) is 12.4. The van der Waals surface area contributed by atoms with E-state index in [1.54, 1.807) is 36.4 Å². The molecule has 0 unspecified atom stereocenters. The van der Waals surface area contributed by atoms with Crippen LogP contribution >= 0.6 is 52.9 Å². The zero-order valence-electron chi connectivity index (χ0n) is 13.0. The van der Waals surface area contributed by atoms with E-state index in [1.165, 1.54) is 0 Å². The molecule has 0 aromatic heterocycles. The predicted octanol–water partition coefficient (Wildman–Crippen LogP) is 7.39. The summed E-state index contributed by atoms with van der Waals surface area (Å²) in [6.45, 7) is -3.02. The van der Waals surface area contributed by atoms with Gasteiger partial charge in [-0.3, -0.25) is 0 Å². The van der Waals surface area contributed by atoms with Gasteiger partial charge in [0.25, 0.3) is 0 Å². The van der Waals surface area contributed by atoms with Gasteiger partial charge in [-0.25, -0.2) is 0 Å². The standard InChI is InChI=1S/C18H11Cl4O2PS/c19-12-6-8-17(15(21)10-12)23-25(26,14-4-2-1-3-5-14)24-18-9-7-13(20)11-16(18)22/h1-11H. The van der Waals surface area contributed by atoms with Crippen molar-refractivity contribution in [3.63, 3.8) is 0 Å². The molecule has 0 heterocycles. The third-order valence-electron chi connectivity index (χ3n) is 3.30. The van der Waals surface area contributed by atoms with E-state index in [0.717, 1.165) is 0 Å². The second-order valence-electron chi connectivity index (χ2n) is 5.17. The molecule has 2 nitrogen and oxygen atoms in total. The Balaban J connectivity index is 2.03. The van der Waals surface area contributed by atoms with E-state index in [-0.39, 0.29) is 0 Å². The Bertz CT molecular complexity index is 925. The minimum absolute atomic E-state index is 0.341. The average Bonchev–Trinajstić information content (AvgIpc) is 2.61. The summed E-state index contributed by atoms with van der Waals surface area (Å²) in [7, 11) is 0. The van der Waals surface area contributed by atoms with Gasteiger partial charge in [-0.05, 0) is 60.3 Å². The third-order valence-corrected chi connectivity index (χ3v) is 7.24. The highest BCUT2D eigenvalue weighted by atomic mass is 35.5. The lowest BCUT2D eigenvalue weighted by Crippen LogP contribution is -2.14. The van der Waals surface area contributed by atoms with E-state index in [1.807, 2.05) is 30.3 Å². The van der Waals surface area contributed by atoms with Crippen LogP contribution in [-0.2, 0) is 11.8 Å². The van der Waals surface area contributed by atoms with Crippen LogP contribution in [0, 0.1) is 0 Å². The van der Waals surface area contributed by atoms with Crippen LogP contribution in [0.3, 0.4) is 0 Å². The van der Waals surface area contributed by atoms with Gasteiger partial charge in [0.1, 0.15) is 11.5 Å². The highest BCUT2D eigenvalue weighted by Crippen LogP contribution is 2.51. The zero-order chi connectivity index (χ0) is 18.7. The van der Waals surface area contributed by atoms with Gasteiger partial charge in [-0.15, -0.1) is 0 Å². The van der Waals surface area contributed by atoms with Gasteiger partial charge >= 0.3 is 6.49 Å². The van der Waals surface area contributed by atoms with Gasteiger partial charge in [-0.2, -0.15) is 0 Å². The molecule has 3 aromatic carbocycles.